The van der Waals surface area contributed by atoms with Crippen LogP contribution in [-0.4, -0.2) is 50.3 Å². The van der Waals surface area contributed by atoms with E-state index >= 15 is 0 Å². The number of hydrogen-bond acceptors (Lipinski definition) is 5. The highest BCUT2D eigenvalue weighted by Gasteiger charge is 2.31. The topological polar surface area (TPSA) is 92.8 Å². The third-order valence-electron chi connectivity index (χ3n) is 4.35. The molecule has 0 saturated carbocycles. The molecule has 0 aliphatic carbocycles. The second-order valence-corrected chi connectivity index (χ2v) is 9.53. The second-order valence-electron chi connectivity index (χ2n) is 7.59. The first kappa shape index (κ1) is 21.4. The van der Waals surface area contributed by atoms with Gasteiger partial charge in [0, 0.05) is 19.1 Å². The van der Waals surface area contributed by atoms with Crippen LogP contribution in [-0.2, 0) is 19.6 Å². The Labute approximate surface area is 161 Å². The first-order chi connectivity index (χ1) is 12.6. The summed E-state index contributed by atoms with van der Waals surface area (Å²) in [7, 11) is -3.59. The number of hydrogen-bond donors (Lipinski definition) is 1. The van der Waals surface area contributed by atoms with Crippen molar-refractivity contribution in [3.05, 3.63) is 29.8 Å². The van der Waals surface area contributed by atoms with Gasteiger partial charge in [-0.25, -0.2) is 13.2 Å². The van der Waals surface area contributed by atoms with Crippen LogP contribution in [0.15, 0.2) is 29.2 Å². The van der Waals surface area contributed by atoms with Crippen LogP contribution in [0.25, 0.3) is 0 Å². The Balaban J connectivity index is 2.03. The summed E-state index contributed by atoms with van der Waals surface area (Å²) in [4.78, 5) is 23.7. The van der Waals surface area contributed by atoms with E-state index in [1.807, 2.05) is 27.7 Å². The lowest BCUT2D eigenvalue weighted by atomic mass is 9.94. The van der Waals surface area contributed by atoms with Crippen molar-refractivity contribution in [2.45, 2.75) is 45.1 Å². The van der Waals surface area contributed by atoms with Gasteiger partial charge in [0.2, 0.25) is 10.0 Å². The van der Waals surface area contributed by atoms with E-state index in [2.05, 4.69) is 5.32 Å². The van der Waals surface area contributed by atoms with Crippen molar-refractivity contribution < 1.29 is 22.7 Å². The largest absolute Gasteiger partial charge is 0.452 e. The van der Waals surface area contributed by atoms with Gasteiger partial charge in [-0.1, -0.05) is 13.8 Å². The summed E-state index contributed by atoms with van der Waals surface area (Å²) in [5.41, 5.74) is 0.201. The van der Waals surface area contributed by atoms with Gasteiger partial charge >= 0.3 is 5.97 Å². The van der Waals surface area contributed by atoms with Crippen molar-refractivity contribution >= 4 is 21.9 Å². The molecular formula is C19H28N2O5S. The molecule has 2 rings (SSSR count). The monoisotopic (exact) mass is 396 g/mol. The molecule has 27 heavy (non-hydrogen) atoms. The number of piperidine rings is 1. The summed E-state index contributed by atoms with van der Waals surface area (Å²) in [6, 6.07) is 5.59. The van der Waals surface area contributed by atoms with Gasteiger partial charge in [0.25, 0.3) is 5.91 Å². The van der Waals surface area contributed by atoms with E-state index in [-0.39, 0.29) is 29.0 Å². The zero-order valence-electron chi connectivity index (χ0n) is 16.3. The maximum atomic E-state index is 12.8. The van der Waals surface area contributed by atoms with Crippen molar-refractivity contribution in [2.75, 3.05) is 19.7 Å². The molecule has 1 heterocycles. The highest BCUT2D eigenvalue weighted by atomic mass is 32.2. The minimum Gasteiger partial charge on any atom is -0.452 e. The number of carbonyl (C=O) groups excluding carboxylic acids is 2. The fraction of sp³-hybridized carbons (Fsp3) is 0.579. The van der Waals surface area contributed by atoms with Gasteiger partial charge in [0.05, 0.1) is 10.5 Å². The van der Waals surface area contributed by atoms with Crippen LogP contribution in [0.5, 0.6) is 0 Å². The number of esters is 1. The summed E-state index contributed by atoms with van der Waals surface area (Å²) in [5.74, 6) is -0.423. The van der Waals surface area contributed by atoms with Gasteiger partial charge in [-0.2, -0.15) is 4.31 Å². The molecule has 2 atom stereocenters. The Morgan fingerprint density at radius 3 is 2.22 bits per heavy atom. The number of sulfonamides is 1. The number of amides is 1. The molecule has 1 aromatic carbocycles. The van der Waals surface area contributed by atoms with Gasteiger partial charge in [-0.3, -0.25) is 4.79 Å². The second kappa shape index (κ2) is 8.84. The van der Waals surface area contributed by atoms with Gasteiger partial charge < -0.3 is 10.1 Å². The molecule has 0 aromatic heterocycles. The minimum atomic E-state index is -3.59. The summed E-state index contributed by atoms with van der Waals surface area (Å²) in [6.45, 7) is 8.34. The van der Waals surface area contributed by atoms with Crippen LogP contribution < -0.4 is 5.32 Å². The van der Waals surface area contributed by atoms with Crippen LogP contribution in [0.3, 0.4) is 0 Å². The quantitative estimate of drug-likeness (QED) is 0.743. The molecule has 0 unspecified atom stereocenters. The standard InChI is InChI=1S/C19H28N2O5S/c1-13(2)20-18(22)12-26-19(23)16-5-7-17(8-6-16)27(24,25)21-10-14(3)9-15(4)11-21/h5-8,13-15H,9-12H2,1-4H3,(H,20,22)/t14-,15-/m1/s1. The fourth-order valence-corrected chi connectivity index (χ4v) is 4.97. The maximum Gasteiger partial charge on any atom is 0.338 e. The van der Waals surface area contributed by atoms with Gasteiger partial charge in [-0.05, 0) is 56.4 Å². The zero-order valence-corrected chi connectivity index (χ0v) is 17.1. The Morgan fingerprint density at radius 2 is 1.70 bits per heavy atom. The highest BCUT2D eigenvalue weighted by molar-refractivity contribution is 7.89. The summed E-state index contributed by atoms with van der Waals surface area (Å²) >= 11 is 0. The third kappa shape index (κ3) is 5.77. The average Bonchev–Trinajstić information content (AvgIpc) is 2.58. The van der Waals surface area contributed by atoms with Gasteiger partial charge in [0.1, 0.15) is 0 Å². The Morgan fingerprint density at radius 1 is 1.15 bits per heavy atom. The lowest BCUT2D eigenvalue weighted by Crippen LogP contribution is -2.42. The lowest BCUT2D eigenvalue weighted by Gasteiger charge is -2.34. The number of benzene rings is 1. The molecule has 1 fully saturated rings. The molecule has 0 bridgehead atoms. The molecule has 150 valence electrons. The minimum absolute atomic E-state index is 0.0408. The number of rotatable bonds is 6. The number of ether oxygens (including phenoxy) is 1. The molecule has 1 aromatic rings. The van der Waals surface area contributed by atoms with E-state index in [1.165, 1.54) is 28.6 Å². The summed E-state index contributed by atoms with van der Waals surface area (Å²) < 4.78 is 32.1. The van der Waals surface area contributed by atoms with E-state index in [9.17, 15) is 18.0 Å². The number of nitrogens with one attached hydrogen (secondary N) is 1. The number of nitrogens with zero attached hydrogens (tertiary/aromatic N) is 1. The third-order valence-corrected chi connectivity index (χ3v) is 6.19. The van der Waals surface area contributed by atoms with Crippen molar-refractivity contribution in [3.8, 4) is 0 Å². The number of carbonyl (C=O) groups is 2. The van der Waals surface area contributed by atoms with Crippen molar-refractivity contribution in [1.29, 1.82) is 0 Å². The van der Waals surface area contributed by atoms with Crippen molar-refractivity contribution in [2.24, 2.45) is 11.8 Å². The fourth-order valence-electron chi connectivity index (χ4n) is 3.29. The Kier molecular flexibility index (Phi) is 7.00. The van der Waals surface area contributed by atoms with E-state index in [0.717, 1.165) is 6.42 Å². The molecule has 1 amide bonds. The molecule has 1 saturated heterocycles. The molecule has 1 aliphatic heterocycles. The summed E-state index contributed by atoms with van der Waals surface area (Å²) in [6.07, 6.45) is 1.02. The molecule has 1 N–H and O–H groups in total. The maximum absolute atomic E-state index is 12.8. The Bertz CT molecular complexity index is 764. The van der Waals surface area contributed by atoms with Crippen LogP contribution in [0, 0.1) is 11.8 Å². The molecular weight excluding hydrogens is 368 g/mol. The smallest absolute Gasteiger partial charge is 0.338 e. The molecule has 8 heteroatoms. The Hall–Kier alpha value is -1.93. The lowest BCUT2D eigenvalue weighted by molar-refractivity contribution is -0.124. The van der Waals surface area contributed by atoms with E-state index in [4.69, 9.17) is 4.74 Å². The van der Waals surface area contributed by atoms with E-state index in [0.29, 0.717) is 24.9 Å². The molecule has 1 aliphatic rings. The van der Waals surface area contributed by atoms with Gasteiger partial charge in [0.15, 0.2) is 6.61 Å². The summed E-state index contributed by atoms with van der Waals surface area (Å²) in [5, 5.41) is 2.62. The normalized spacial score (nSPS) is 21.1. The van der Waals surface area contributed by atoms with Crippen LogP contribution in [0.4, 0.5) is 0 Å². The van der Waals surface area contributed by atoms with E-state index in [1.54, 1.807) is 0 Å². The molecule has 0 spiro atoms. The van der Waals surface area contributed by atoms with Crippen LogP contribution in [0.1, 0.15) is 44.5 Å². The highest BCUT2D eigenvalue weighted by Crippen LogP contribution is 2.26. The van der Waals surface area contributed by atoms with E-state index < -0.39 is 16.0 Å². The van der Waals surface area contributed by atoms with Crippen LogP contribution in [0.2, 0.25) is 0 Å². The first-order valence-electron chi connectivity index (χ1n) is 9.16. The predicted octanol–water partition coefficient (Wildman–Crippen LogP) is 2.03. The van der Waals surface area contributed by atoms with Crippen molar-refractivity contribution in [1.82, 2.24) is 9.62 Å². The predicted molar refractivity (Wildman–Crippen MR) is 102 cm³/mol. The zero-order chi connectivity index (χ0) is 20.2. The average molecular weight is 397 g/mol. The van der Waals surface area contributed by atoms with Gasteiger partial charge in [-0.15, -0.1) is 0 Å². The molecule has 0 radical (unpaired) electrons. The van der Waals surface area contributed by atoms with Crippen molar-refractivity contribution in [3.63, 3.8) is 0 Å². The van der Waals surface area contributed by atoms with Crippen LogP contribution >= 0.6 is 0 Å². The SMILES string of the molecule is CC(C)NC(=O)COC(=O)c1ccc(S(=O)(=O)N2C[C@H](C)C[C@@H](C)C2)cc1. The first-order valence-corrected chi connectivity index (χ1v) is 10.6. The molecule has 7 nitrogen and oxygen atoms in total.